The second-order valence-electron chi connectivity index (χ2n) is 7.81. The highest BCUT2D eigenvalue weighted by atomic mass is 16.5. The molecular formula is C25H33N5O4. The van der Waals surface area contributed by atoms with E-state index >= 15 is 0 Å². The monoisotopic (exact) mass is 467 g/mol. The third kappa shape index (κ3) is 7.96. The number of methoxy groups -OCH3 is 1. The van der Waals surface area contributed by atoms with Crippen molar-refractivity contribution >= 4 is 5.82 Å². The molecule has 0 spiro atoms. The highest BCUT2D eigenvalue weighted by molar-refractivity contribution is 5.68. The van der Waals surface area contributed by atoms with E-state index in [1.807, 2.05) is 42.5 Å². The van der Waals surface area contributed by atoms with Gasteiger partial charge in [-0.2, -0.15) is 0 Å². The van der Waals surface area contributed by atoms with Crippen LogP contribution in [0.4, 0.5) is 5.82 Å². The van der Waals surface area contributed by atoms with Gasteiger partial charge in [0, 0.05) is 24.6 Å². The number of nitrogens with zero attached hydrogens (tertiary/aromatic N) is 2. The van der Waals surface area contributed by atoms with Gasteiger partial charge in [-0.15, -0.1) is 10.2 Å². The van der Waals surface area contributed by atoms with Crippen LogP contribution in [0.15, 0.2) is 60.7 Å². The molecule has 0 aliphatic rings. The second-order valence-corrected chi connectivity index (χ2v) is 7.81. The largest absolute Gasteiger partial charge is 0.497 e. The van der Waals surface area contributed by atoms with Crippen molar-refractivity contribution in [2.75, 3.05) is 32.3 Å². The van der Waals surface area contributed by atoms with Gasteiger partial charge in [-0.1, -0.05) is 30.3 Å². The molecule has 0 amide bonds. The molecule has 9 nitrogen and oxygen atoms in total. The molecule has 1 aromatic heterocycles. The Bertz CT molecular complexity index is 986. The van der Waals surface area contributed by atoms with Crippen LogP contribution < -0.4 is 26.1 Å². The van der Waals surface area contributed by atoms with Crippen LogP contribution >= 0.6 is 0 Å². The number of aliphatic hydroxyl groups excluding tert-OH is 1. The molecular weight excluding hydrogens is 434 g/mol. The lowest BCUT2D eigenvalue weighted by Crippen LogP contribution is -2.36. The molecule has 1 heterocycles. The number of hydrogen-bond acceptors (Lipinski definition) is 9. The molecule has 3 aromatic rings. The van der Waals surface area contributed by atoms with Gasteiger partial charge in [0.1, 0.15) is 17.7 Å². The minimum absolute atomic E-state index is 0.241. The fraction of sp³-hybridized carbons (Fsp3) is 0.360. The summed E-state index contributed by atoms with van der Waals surface area (Å²) in [6.07, 6.45) is 0.651. The molecule has 9 heteroatoms. The molecule has 5 N–H and O–H groups in total. The molecule has 2 atom stereocenters. The van der Waals surface area contributed by atoms with E-state index in [9.17, 15) is 5.11 Å². The molecule has 0 saturated heterocycles. The van der Waals surface area contributed by atoms with Gasteiger partial charge in [0.25, 0.3) is 0 Å². The number of nitrogen functional groups attached to an aromatic ring is 1. The summed E-state index contributed by atoms with van der Waals surface area (Å²) in [6.45, 7) is 3.08. The minimum atomic E-state index is -0.547. The molecule has 2 aromatic carbocycles. The summed E-state index contributed by atoms with van der Waals surface area (Å²) in [7, 11) is 1.61. The van der Waals surface area contributed by atoms with E-state index in [4.69, 9.17) is 20.1 Å². The van der Waals surface area contributed by atoms with Gasteiger partial charge in [0.05, 0.1) is 32.1 Å². The lowest BCUT2D eigenvalue weighted by Gasteiger charge is -2.21. The summed E-state index contributed by atoms with van der Waals surface area (Å²) in [5, 5.41) is 21.3. The van der Waals surface area contributed by atoms with E-state index < -0.39 is 6.10 Å². The third-order valence-electron chi connectivity index (χ3n) is 5.08. The zero-order chi connectivity index (χ0) is 24.2. The van der Waals surface area contributed by atoms with Crippen molar-refractivity contribution < 1.29 is 19.3 Å². The Balaban J connectivity index is 1.63. The quantitative estimate of drug-likeness (QED) is 0.161. The summed E-state index contributed by atoms with van der Waals surface area (Å²) < 4.78 is 17.3. The van der Waals surface area contributed by atoms with Crippen molar-refractivity contribution in [3.8, 4) is 22.8 Å². The number of hydrogen-bond donors (Lipinski definition) is 4. The predicted octanol–water partition coefficient (Wildman–Crippen LogP) is 2.76. The second kappa shape index (κ2) is 13.5. The molecule has 182 valence electrons. The molecule has 0 aliphatic carbocycles. The van der Waals surface area contributed by atoms with Crippen molar-refractivity contribution in [1.29, 1.82) is 0 Å². The molecule has 0 bridgehead atoms. The number of nitrogens with one attached hydrogen (secondary N) is 2. The van der Waals surface area contributed by atoms with Crippen molar-refractivity contribution in [3.63, 3.8) is 0 Å². The number of anilines is 1. The van der Waals surface area contributed by atoms with Crippen molar-refractivity contribution in [1.82, 2.24) is 15.5 Å². The third-order valence-corrected chi connectivity index (χ3v) is 5.08. The Morgan fingerprint density at radius 3 is 2.56 bits per heavy atom. The van der Waals surface area contributed by atoms with Crippen LogP contribution in [0.1, 0.15) is 18.9 Å². The minimum Gasteiger partial charge on any atom is -0.497 e. The molecule has 3 rings (SSSR count). The van der Waals surface area contributed by atoms with Gasteiger partial charge in [0.2, 0.25) is 0 Å². The van der Waals surface area contributed by atoms with Gasteiger partial charge in [-0.3, -0.25) is 5.32 Å². The SMILES string of the molecule is COc1ccc(-c2ccc(NN)nn2)c(OCCC(NCCc2ccccc2)OCC(C)O)c1. The maximum atomic E-state index is 9.64. The number of ether oxygens (including phenoxy) is 3. The number of aliphatic hydroxyl groups is 1. The van der Waals surface area contributed by atoms with Crippen LogP contribution in [0.2, 0.25) is 0 Å². The lowest BCUT2D eigenvalue weighted by molar-refractivity contribution is -0.0263. The van der Waals surface area contributed by atoms with E-state index in [-0.39, 0.29) is 12.8 Å². The topological polar surface area (TPSA) is 124 Å². The van der Waals surface area contributed by atoms with E-state index in [2.05, 4.69) is 33.1 Å². The first-order chi connectivity index (χ1) is 16.6. The first-order valence-electron chi connectivity index (χ1n) is 11.3. The van der Waals surface area contributed by atoms with Crippen LogP contribution in [0.25, 0.3) is 11.3 Å². The number of nitrogens with two attached hydrogens (primary N) is 1. The van der Waals surface area contributed by atoms with Crippen LogP contribution in [-0.2, 0) is 11.2 Å². The predicted molar refractivity (Wildman–Crippen MR) is 132 cm³/mol. The standard InChI is InChI=1S/C25H33N5O4/c1-18(31)17-34-25(27-14-12-19-6-4-3-5-7-19)13-15-33-23-16-20(32-2)8-9-21(23)22-10-11-24(28-26)30-29-22/h3-11,16,18,25,27,31H,12-15,17,26H2,1-2H3,(H,28,30). The Morgan fingerprint density at radius 1 is 1.06 bits per heavy atom. The van der Waals surface area contributed by atoms with E-state index in [1.165, 1.54) is 5.56 Å². The number of rotatable bonds is 14. The maximum absolute atomic E-state index is 9.64. The van der Waals surface area contributed by atoms with Crippen molar-refractivity contribution in [2.24, 2.45) is 5.84 Å². The highest BCUT2D eigenvalue weighted by Gasteiger charge is 2.14. The zero-order valence-electron chi connectivity index (χ0n) is 19.6. The summed E-state index contributed by atoms with van der Waals surface area (Å²) in [5.41, 5.74) is 5.16. The Hall–Kier alpha value is -3.24. The summed E-state index contributed by atoms with van der Waals surface area (Å²) >= 11 is 0. The van der Waals surface area contributed by atoms with Gasteiger partial charge in [-0.25, -0.2) is 5.84 Å². The van der Waals surface area contributed by atoms with E-state index in [0.29, 0.717) is 36.0 Å². The van der Waals surface area contributed by atoms with Gasteiger partial charge in [0.15, 0.2) is 5.82 Å². The van der Waals surface area contributed by atoms with Gasteiger partial charge in [-0.05, 0) is 43.2 Å². The summed E-state index contributed by atoms with van der Waals surface area (Å²) in [5.74, 6) is 7.16. The first kappa shape index (κ1) is 25.4. The maximum Gasteiger partial charge on any atom is 0.162 e. The van der Waals surface area contributed by atoms with Crippen molar-refractivity contribution in [3.05, 3.63) is 66.2 Å². The van der Waals surface area contributed by atoms with Crippen LogP contribution in [0.3, 0.4) is 0 Å². The van der Waals surface area contributed by atoms with Crippen LogP contribution in [-0.4, -0.2) is 54.5 Å². The smallest absolute Gasteiger partial charge is 0.162 e. The van der Waals surface area contributed by atoms with Crippen LogP contribution in [0, 0.1) is 0 Å². The number of hydrazine groups is 1. The molecule has 0 aliphatic heterocycles. The number of benzene rings is 2. The summed E-state index contributed by atoms with van der Waals surface area (Å²) in [6, 6.07) is 19.4. The average Bonchev–Trinajstić information content (AvgIpc) is 2.87. The van der Waals surface area contributed by atoms with Gasteiger partial charge >= 0.3 is 0 Å². The van der Waals surface area contributed by atoms with Gasteiger partial charge < -0.3 is 24.7 Å². The fourth-order valence-electron chi connectivity index (χ4n) is 3.31. The Labute approximate surface area is 200 Å². The van der Waals surface area contributed by atoms with E-state index in [0.717, 1.165) is 18.5 Å². The average molecular weight is 468 g/mol. The molecule has 34 heavy (non-hydrogen) atoms. The Kier molecular flexibility index (Phi) is 10.1. The van der Waals surface area contributed by atoms with Crippen LogP contribution in [0.5, 0.6) is 11.5 Å². The first-order valence-corrected chi connectivity index (χ1v) is 11.3. The normalized spacial score (nSPS) is 12.7. The lowest BCUT2D eigenvalue weighted by atomic mass is 10.1. The molecule has 2 unspecified atom stereocenters. The summed E-state index contributed by atoms with van der Waals surface area (Å²) in [4.78, 5) is 0. The molecule has 0 fully saturated rings. The molecule has 0 radical (unpaired) electrons. The number of aromatic nitrogens is 2. The van der Waals surface area contributed by atoms with Crippen molar-refractivity contribution in [2.45, 2.75) is 32.1 Å². The van der Waals surface area contributed by atoms with E-state index in [1.54, 1.807) is 20.1 Å². The zero-order valence-corrected chi connectivity index (χ0v) is 19.6. The highest BCUT2D eigenvalue weighted by Crippen LogP contribution is 2.32. The molecule has 0 saturated carbocycles. The Morgan fingerprint density at radius 2 is 1.88 bits per heavy atom. The fourth-order valence-corrected chi connectivity index (χ4v) is 3.31.